The minimum atomic E-state index is 0.923. The van der Waals surface area contributed by atoms with Gasteiger partial charge in [-0.1, -0.05) is 237 Å². The molecule has 1 aromatic heterocycles. The largest absolute Gasteiger partial charge is 0.248 e. The highest BCUT2D eigenvalue weighted by Crippen LogP contribution is 2.42. The van der Waals surface area contributed by atoms with Crippen LogP contribution < -0.4 is 0 Å². The second kappa shape index (κ2) is 17.9. The van der Waals surface area contributed by atoms with E-state index in [1.165, 1.54) is 86.5 Å². The summed E-state index contributed by atoms with van der Waals surface area (Å²) in [6.45, 7) is 4.85. The van der Waals surface area contributed by atoms with Gasteiger partial charge in [-0.05, 0) is 168 Å². The molecule has 0 fully saturated rings. The van der Waals surface area contributed by atoms with Gasteiger partial charge < -0.3 is 0 Å². The summed E-state index contributed by atoms with van der Waals surface area (Å²) in [6.07, 6.45) is 2.30. The highest BCUT2D eigenvalue weighted by atomic mass is 14.7. The third-order valence-corrected chi connectivity index (χ3v) is 15.2. The maximum absolute atomic E-state index is 5.29. The summed E-state index contributed by atoms with van der Waals surface area (Å²) in [5.74, 6) is 0. The molecule has 0 N–H and O–H groups in total. The quantitative estimate of drug-likeness (QED) is 0.109. The Morgan fingerprint density at radius 2 is 0.676 bits per heavy atom. The molecule has 0 saturated heterocycles. The monoisotopic (exact) mass is 937 g/mol. The Balaban J connectivity index is 0.957. The van der Waals surface area contributed by atoms with E-state index in [4.69, 9.17) is 11.6 Å². The molecular weight excluding hydrogens is 891 g/mol. The van der Waals surface area contributed by atoms with Gasteiger partial charge in [0.1, 0.15) is 0 Å². The number of fused-ring (bicyclic) bond motifs is 13. The normalized spacial score (nSPS) is 11.9. The molecule has 1 nitrogen and oxygen atoms in total. The van der Waals surface area contributed by atoms with E-state index in [0.29, 0.717) is 0 Å². The summed E-state index contributed by atoms with van der Waals surface area (Å²) in [5.41, 5.74) is 14.0. The molecule has 74 heavy (non-hydrogen) atoms. The lowest BCUT2D eigenvalue weighted by atomic mass is 9.87. The highest BCUT2D eigenvalue weighted by Gasteiger charge is 2.17. The fourth-order valence-corrected chi connectivity index (χ4v) is 11.5. The lowest BCUT2D eigenvalue weighted by molar-refractivity contribution is 1.32. The van der Waals surface area contributed by atoms with Crippen LogP contribution in [-0.4, -0.2) is 4.98 Å². The molecule has 14 aromatic rings. The molecule has 0 bridgehead atoms. The highest BCUT2D eigenvalue weighted by molar-refractivity contribution is 6.27. The van der Waals surface area contributed by atoms with E-state index in [2.05, 4.69) is 273 Å². The number of pyridine rings is 1. The van der Waals surface area contributed by atoms with Crippen molar-refractivity contribution < 1.29 is 0 Å². The smallest absolute Gasteiger partial charge is 0.0715 e. The Bertz CT molecular complexity index is 4450. The number of benzene rings is 13. The van der Waals surface area contributed by atoms with Crippen LogP contribution in [0.1, 0.15) is 16.7 Å². The molecule has 0 aliphatic heterocycles. The van der Waals surface area contributed by atoms with Gasteiger partial charge in [0.2, 0.25) is 0 Å². The van der Waals surface area contributed by atoms with E-state index in [1.54, 1.807) is 0 Å². The fraction of sp³-hybridized carbons (Fsp3) is 0. The van der Waals surface area contributed by atoms with Crippen LogP contribution in [0.2, 0.25) is 0 Å². The van der Waals surface area contributed by atoms with E-state index in [0.717, 1.165) is 61.5 Å². The molecule has 0 aliphatic rings. The molecule has 1 heterocycles. The van der Waals surface area contributed by atoms with E-state index in [-0.39, 0.29) is 0 Å². The Labute approximate surface area is 430 Å². The summed E-state index contributed by atoms with van der Waals surface area (Å²) in [4.78, 5) is 5.29. The zero-order valence-electron chi connectivity index (χ0n) is 40.6. The van der Waals surface area contributed by atoms with Crippen LogP contribution in [0.4, 0.5) is 0 Å². The SMILES string of the molecule is C=C(/C=C(/c1ccc(-c2cc(-c3ccccc3)cc(-c3ccccc3)n2)cc1)c1cc(-c2ccc3c4ccccc4c4ccccc4c3c2)c2ccccc2c1)c1ccc2c3ccccc3c3ccccc3c2c1. The number of rotatable bonds is 8. The van der Waals surface area contributed by atoms with Crippen molar-refractivity contribution in [2.75, 3.05) is 0 Å². The van der Waals surface area contributed by atoms with Crippen molar-refractivity contribution in [1.82, 2.24) is 4.98 Å². The number of allylic oxidation sites excluding steroid dienone is 2. The number of nitrogens with zero attached hydrogens (tertiary/aromatic N) is 1. The molecule has 344 valence electrons. The lowest BCUT2D eigenvalue weighted by Crippen LogP contribution is -1.94. The predicted octanol–water partition coefficient (Wildman–Crippen LogP) is 20.0. The molecule has 13 aromatic carbocycles. The average Bonchev–Trinajstić information content (AvgIpc) is 3.48. The fourth-order valence-electron chi connectivity index (χ4n) is 11.5. The van der Waals surface area contributed by atoms with Gasteiger partial charge in [-0.3, -0.25) is 0 Å². The molecule has 0 saturated carbocycles. The van der Waals surface area contributed by atoms with Crippen LogP contribution in [0.15, 0.2) is 280 Å². The van der Waals surface area contributed by atoms with E-state index in [1.807, 2.05) is 0 Å². The number of aromatic nitrogens is 1. The van der Waals surface area contributed by atoms with E-state index in [9.17, 15) is 0 Å². The van der Waals surface area contributed by atoms with Gasteiger partial charge >= 0.3 is 0 Å². The second-order valence-corrected chi connectivity index (χ2v) is 19.5. The number of hydrogen-bond acceptors (Lipinski definition) is 1. The summed E-state index contributed by atoms with van der Waals surface area (Å²) >= 11 is 0. The van der Waals surface area contributed by atoms with Crippen LogP contribution in [0, 0.1) is 0 Å². The van der Waals surface area contributed by atoms with Gasteiger partial charge in [0.25, 0.3) is 0 Å². The first-order valence-corrected chi connectivity index (χ1v) is 25.4. The third kappa shape index (κ3) is 7.45. The van der Waals surface area contributed by atoms with Gasteiger partial charge in [-0.15, -0.1) is 0 Å². The Hall–Kier alpha value is -9.69. The first-order valence-electron chi connectivity index (χ1n) is 25.4. The topological polar surface area (TPSA) is 12.9 Å². The van der Waals surface area contributed by atoms with Crippen molar-refractivity contribution in [3.63, 3.8) is 0 Å². The molecule has 0 spiro atoms. The van der Waals surface area contributed by atoms with Gasteiger partial charge in [-0.2, -0.15) is 0 Å². The van der Waals surface area contributed by atoms with Crippen LogP contribution in [-0.2, 0) is 0 Å². The van der Waals surface area contributed by atoms with E-state index < -0.39 is 0 Å². The molecule has 0 atom stereocenters. The van der Waals surface area contributed by atoms with Crippen molar-refractivity contribution in [3.8, 4) is 44.8 Å². The molecule has 14 rings (SSSR count). The Morgan fingerprint density at radius 3 is 1.23 bits per heavy atom. The summed E-state index contributed by atoms with van der Waals surface area (Å²) < 4.78 is 0. The van der Waals surface area contributed by atoms with Gasteiger partial charge in [0.15, 0.2) is 0 Å². The van der Waals surface area contributed by atoms with Crippen molar-refractivity contribution in [3.05, 3.63) is 296 Å². The second-order valence-electron chi connectivity index (χ2n) is 19.5. The van der Waals surface area contributed by atoms with Crippen molar-refractivity contribution in [1.29, 1.82) is 0 Å². The molecule has 0 aliphatic carbocycles. The van der Waals surface area contributed by atoms with Gasteiger partial charge in [0, 0.05) is 11.1 Å². The standard InChI is InChI=1S/C73H47N/c1-47(52-36-38-66-62-28-12-10-24-58(62)60-26-14-16-30-64(60)70(66)42-52)40-68(49-32-34-51(35-33-49)73-46-55(48-18-4-2-5-19-48)45-72(74-73)50-20-6-3-7-21-50)56-41-53-22-8-9-23-57(53)69(44-56)54-37-39-67-63-29-13-11-25-59(63)61-27-15-17-31-65(61)71(67)43-54/h2-46H,1H2/b68-40-. The van der Waals surface area contributed by atoms with Crippen LogP contribution >= 0.6 is 0 Å². The van der Waals surface area contributed by atoms with Crippen molar-refractivity contribution in [2.24, 2.45) is 0 Å². The van der Waals surface area contributed by atoms with Crippen molar-refractivity contribution >= 4 is 86.6 Å². The van der Waals surface area contributed by atoms with Crippen LogP contribution in [0.3, 0.4) is 0 Å². The summed E-state index contributed by atoms with van der Waals surface area (Å²) in [7, 11) is 0. The Kier molecular flexibility index (Phi) is 10.4. The molecule has 0 amide bonds. The zero-order chi connectivity index (χ0) is 49.1. The van der Waals surface area contributed by atoms with E-state index >= 15 is 0 Å². The molecule has 0 unspecified atom stereocenters. The van der Waals surface area contributed by atoms with Gasteiger partial charge in [0.05, 0.1) is 11.4 Å². The minimum absolute atomic E-state index is 0.923. The maximum Gasteiger partial charge on any atom is 0.0715 e. The average molecular weight is 938 g/mol. The third-order valence-electron chi connectivity index (χ3n) is 15.2. The molecule has 1 heteroatoms. The van der Waals surface area contributed by atoms with Crippen molar-refractivity contribution in [2.45, 2.75) is 0 Å². The molecule has 0 radical (unpaired) electrons. The Morgan fingerprint density at radius 1 is 0.270 bits per heavy atom. The first kappa shape index (κ1) is 43.1. The maximum atomic E-state index is 5.29. The first-order chi connectivity index (χ1) is 36.6. The summed E-state index contributed by atoms with van der Waals surface area (Å²) in [6, 6.07) is 97.1. The lowest BCUT2D eigenvalue weighted by Gasteiger charge is -2.17. The van der Waals surface area contributed by atoms with Gasteiger partial charge in [-0.25, -0.2) is 4.98 Å². The predicted molar refractivity (Wildman–Crippen MR) is 318 cm³/mol. The zero-order valence-corrected chi connectivity index (χ0v) is 40.6. The van der Waals surface area contributed by atoms with Crippen LogP contribution in [0.5, 0.6) is 0 Å². The molecular formula is C73H47N. The summed E-state index contributed by atoms with van der Waals surface area (Å²) in [5, 5.41) is 17.5. The van der Waals surface area contributed by atoms with Crippen LogP contribution in [0.25, 0.3) is 131 Å². The minimum Gasteiger partial charge on any atom is -0.248 e. The number of hydrogen-bond donors (Lipinski definition) is 0.